The summed E-state index contributed by atoms with van der Waals surface area (Å²) in [5, 5.41) is 16.4. The van der Waals surface area contributed by atoms with E-state index >= 15 is 0 Å². The zero-order valence-corrected chi connectivity index (χ0v) is 29.2. The Morgan fingerprint density at radius 1 is 0.509 bits per heavy atom. The van der Waals surface area contributed by atoms with Gasteiger partial charge in [0.15, 0.2) is 5.69 Å². The lowest BCUT2D eigenvalue weighted by Gasteiger charge is -2.13. The maximum absolute atomic E-state index is 9.43. The zero-order chi connectivity index (χ0) is 36.9. The first kappa shape index (κ1) is 31.7. The molecule has 0 amide bonds. The summed E-state index contributed by atoms with van der Waals surface area (Å²) in [6.45, 7) is 7.42. The van der Waals surface area contributed by atoms with Crippen molar-refractivity contribution in [1.82, 2.24) is 24.5 Å². The Hall–Kier alpha value is -8.00. The van der Waals surface area contributed by atoms with E-state index in [0.29, 0.717) is 34.0 Å². The molecule has 10 aromatic rings. The van der Waals surface area contributed by atoms with E-state index in [-0.39, 0.29) is 0 Å². The van der Waals surface area contributed by atoms with Crippen LogP contribution in [0.5, 0.6) is 0 Å². The molecule has 5 heterocycles. The summed E-state index contributed by atoms with van der Waals surface area (Å²) in [5.41, 5.74) is 11.2. The van der Waals surface area contributed by atoms with E-state index in [1.165, 1.54) is 10.8 Å². The molecule has 0 bridgehead atoms. The van der Waals surface area contributed by atoms with Gasteiger partial charge < -0.3 is 4.57 Å². The standard InChI is InChI=1S/C48H27N7/c1-50-33-20-22-52-44(24-33)42-18-16-32(29-54-42)40-26-46-48(38-14-8-6-12-36(38)40)47-37-13-7-5-11-35(37)39(25-45(47)55(46)34-9-3-2-4-10-34)31-15-17-41(53-28-31)43-23-30(27-49)19-21-51-43/h2-26,28-29H. The maximum Gasteiger partial charge on any atom is 0.190 e. The molecule has 0 fully saturated rings. The van der Waals surface area contributed by atoms with Crippen molar-refractivity contribution < 1.29 is 0 Å². The number of para-hydroxylation sites is 1. The third-order valence-corrected chi connectivity index (χ3v) is 10.2. The third kappa shape index (κ3) is 5.27. The molecule has 0 radical (unpaired) electrons. The van der Waals surface area contributed by atoms with Crippen LogP contribution in [0.1, 0.15) is 5.56 Å². The first-order valence-electron chi connectivity index (χ1n) is 17.8. The second-order valence-electron chi connectivity index (χ2n) is 13.3. The Morgan fingerprint density at radius 3 is 1.56 bits per heavy atom. The largest absolute Gasteiger partial charge is 0.309 e. The predicted octanol–water partition coefficient (Wildman–Crippen LogP) is 11.8. The number of pyridine rings is 4. The highest BCUT2D eigenvalue weighted by Crippen LogP contribution is 2.46. The molecule has 0 aliphatic heterocycles. The smallest absolute Gasteiger partial charge is 0.190 e. The molecule has 0 N–H and O–H groups in total. The fourth-order valence-corrected chi connectivity index (χ4v) is 7.74. The minimum absolute atomic E-state index is 0.532. The lowest BCUT2D eigenvalue weighted by atomic mass is 9.92. The van der Waals surface area contributed by atoms with Crippen LogP contribution in [0.3, 0.4) is 0 Å². The van der Waals surface area contributed by atoms with E-state index in [2.05, 4.69) is 123 Å². The van der Waals surface area contributed by atoms with E-state index in [4.69, 9.17) is 16.5 Å². The Morgan fingerprint density at radius 2 is 1.04 bits per heavy atom. The number of nitrogens with zero attached hydrogens (tertiary/aromatic N) is 7. The van der Waals surface area contributed by atoms with Gasteiger partial charge in [-0.1, -0.05) is 78.9 Å². The molecule has 5 aromatic carbocycles. The van der Waals surface area contributed by atoms with Gasteiger partial charge in [-0.15, -0.1) is 0 Å². The van der Waals surface area contributed by atoms with Crippen molar-refractivity contribution in [1.29, 1.82) is 5.26 Å². The van der Waals surface area contributed by atoms with Gasteiger partial charge in [-0.25, -0.2) is 4.85 Å². The highest BCUT2D eigenvalue weighted by molar-refractivity contribution is 6.31. The second kappa shape index (κ2) is 12.9. The van der Waals surface area contributed by atoms with Gasteiger partial charge in [0, 0.05) is 52.4 Å². The Bertz CT molecular complexity index is 3010. The third-order valence-electron chi connectivity index (χ3n) is 10.2. The van der Waals surface area contributed by atoms with Crippen molar-refractivity contribution in [2.45, 2.75) is 0 Å². The highest BCUT2D eigenvalue weighted by Gasteiger charge is 2.22. The molecule has 0 saturated carbocycles. The van der Waals surface area contributed by atoms with Crippen LogP contribution in [0, 0.1) is 17.9 Å². The number of rotatable bonds is 5. The number of benzene rings is 5. The number of nitriles is 1. The fourth-order valence-electron chi connectivity index (χ4n) is 7.74. The molecule has 7 nitrogen and oxygen atoms in total. The second-order valence-corrected chi connectivity index (χ2v) is 13.3. The zero-order valence-electron chi connectivity index (χ0n) is 29.2. The summed E-state index contributed by atoms with van der Waals surface area (Å²) in [5.74, 6) is 0. The molecule has 0 unspecified atom stereocenters. The SMILES string of the molecule is [C-]#[N+]c1ccnc(-c2ccc(-c3cc4c(c5ccccc35)c3c5ccccc5c(-c5ccc(-c6cc(C#N)ccn6)nc5)cc3n4-c3ccccc3)cn2)c1. The summed E-state index contributed by atoms with van der Waals surface area (Å²) >= 11 is 0. The van der Waals surface area contributed by atoms with Crippen molar-refractivity contribution in [3.05, 3.63) is 181 Å². The minimum atomic E-state index is 0.532. The van der Waals surface area contributed by atoms with Crippen molar-refractivity contribution in [2.75, 3.05) is 0 Å². The van der Waals surface area contributed by atoms with Crippen molar-refractivity contribution in [2.24, 2.45) is 0 Å². The van der Waals surface area contributed by atoms with Gasteiger partial charge in [0.1, 0.15) is 0 Å². The lowest BCUT2D eigenvalue weighted by Crippen LogP contribution is -1.95. The quantitative estimate of drug-likeness (QED) is 0.167. The molecule has 10 rings (SSSR count). The molecule has 254 valence electrons. The predicted molar refractivity (Wildman–Crippen MR) is 220 cm³/mol. The summed E-state index contributed by atoms with van der Waals surface area (Å²) in [7, 11) is 0. The summed E-state index contributed by atoms with van der Waals surface area (Å²) < 4.78 is 2.37. The van der Waals surface area contributed by atoms with E-state index in [1.807, 2.05) is 30.6 Å². The molecule has 7 heteroatoms. The van der Waals surface area contributed by atoms with Gasteiger partial charge in [0.2, 0.25) is 0 Å². The van der Waals surface area contributed by atoms with Crippen LogP contribution in [-0.4, -0.2) is 24.5 Å². The van der Waals surface area contributed by atoms with Crippen LogP contribution in [0.4, 0.5) is 5.69 Å². The normalized spacial score (nSPS) is 11.2. The van der Waals surface area contributed by atoms with E-state index in [0.717, 1.165) is 60.5 Å². The molecular formula is C48H27N7. The molecule has 5 aromatic heterocycles. The monoisotopic (exact) mass is 701 g/mol. The van der Waals surface area contributed by atoms with Crippen LogP contribution >= 0.6 is 0 Å². The summed E-state index contributed by atoms with van der Waals surface area (Å²) in [6, 6.07) is 49.6. The molecule has 0 aliphatic rings. The van der Waals surface area contributed by atoms with Crippen LogP contribution in [0.25, 0.3) is 98.9 Å². The van der Waals surface area contributed by atoms with Crippen LogP contribution in [0.2, 0.25) is 0 Å². The number of aromatic nitrogens is 5. The molecular weight excluding hydrogens is 675 g/mol. The molecule has 55 heavy (non-hydrogen) atoms. The molecule has 0 spiro atoms. The summed E-state index contributed by atoms with van der Waals surface area (Å²) in [4.78, 5) is 22.2. The van der Waals surface area contributed by atoms with E-state index in [1.54, 1.807) is 36.7 Å². The number of hydrogen-bond donors (Lipinski definition) is 0. The first-order chi connectivity index (χ1) is 27.2. The lowest BCUT2D eigenvalue weighted by molar-refractivity contribution is 1.18. The average Bonchev–Trinajstić information content (AvgIpc) is 3.61. The van der Waals surface area contributed by atoms with Crippen molar-refractivity contribution >= 4 is 49.0 Å². The van der Waals surface area contributed by atoms with Gasteiger partial charge in [-0.2, -0.15) is 5.26 Å². The Kier molecular flexibility index (Phi) is 7.43. The van der Waals surface area contributed by atoms with E-state index in [9.17, 15) is 5.26 Å². The number of fused-ring (bicyclic) bond motifs is 7. The van der Waals surface area contributed by atoms with Gasteiger partial charge in [0.25, 0.3) is 0 Å². The highest BCUT2D eigenvalue weighted by atomic mass is 15.0. The van der Waals surface area contributed by atoms with Crippen LogP contribution in [-0.2, 0) is 0 Å². The molecule has 0 saturated heterocycles. The molecule has 0 aliphatic carbocycles. The molecule has 0 atom stereocenters. The fraction of sp³-hybridized carbons (Fsp3) is 0. The van der Waals surface area contributed by atoms with Gasteiger partial charge in [-0.3, -0.25) is 19.9 Å². The number of hydrogen-bond acceptors (Lipinski definition) is 5. The van der Waals surface area contributed by atoms with Gasteiger partial charge in [-0.05, 0) is 93.3 Å². The van der Waals surface area contributed by atoms with Gasteiger partial charge in [0.05, 0.1) is 52.0 Å². The van der Waals surface area contributed by atoms with Crippen LogP contribution < -0.4 is 0 Å². The minimum Gasteiger partial charge on any atom is -0.309 e. The average molecular weight is 702 g/mol. The van der Waals surface area contributed by atoms with E-state index < -0.39 is 0 Å². The summed E-state index contributed by atoms with van der Waals surface area (Å²) in [6.07, 6.45) is 7.10. The van der Waals surface area contributed by atoms with Crippen molar-refractivity contribution in [3.63, 3.8) is 0 Å². The van der Waals surface area contributed by atoms with Gasteiger partial charge >= 0.3 is 0 Å². The van der Waals surface area contributed by atoms with Crippen LogP contribution in [0.15, 0.2) is 164 Å². The first-order valence-corrected chi connectivity index (χ1v) is 17.8. The van der Waals surface area contributed by atoms with Crippen molar-refractivity contribution in [3.8, 4) is 56.8 Å². The maximum atomic E-state index is 9.43. The topological polar surface area (TPSA) is 84.6 Å². The Labute approximate surface area is 315 Å². The Balaban J connectivity index is 1.23.